The van der Waals surface area contributed by atoms with E-state index >= 15 is 0 Å². The zero-order valence-electron chi connectivity index (χ0n) is 23.8. The highest BCUT2D eigenvalue weighted by Gasteiger charge is 2.33. The third-order valence-corrected chi connectivity index (χ3v) is 9.48. The van der Waals surface area contributed by atoms with Gasteiger partial charge >= 0.3 is 5.97 Å². The van der Waals surface area contributed by atoms with Crippen molar-refractivity contribution in [2.45, 2.75) is 33.4 Å². The van der Waals surface area contributed by atoms with Crippen LogP contribution in [-0.2, 0) is 16.1 Å². The Bertz CT molecular complexity index is 1930. The van der Waals surface area contributed by atoms with E-state index in [2.05, 4.69) is 36.9 Å². The summed E-state index contributed by atoms with van der Waals surface area (Å²) in [5.41, 5.74) is 2.84. The Hall–Kier alpha value is -2.89. The molecule has 0 saturated carbocycles. The molecule has 7 nitrogen and oxygen atoms in total. The van der Waals surface area contributed by atoms with Crippen molar-refractivity contribution in [2.75, 3.05) is 13.2 Å². The van der Waals surface area contributed by atoms with E-state index in [1.54, 1.807) is 36.6 Å². The molecular formula is C32H26Br2Cl2N2O5S. The predicted octanol–water partition coefficient (Wildman–Crippen LogP) is 7.61. The van der Waals surface area contributed by atoms with E-state index < -0.39 is 12.0 Å². The van der Waals surface area contributed by atoms with Crippen LogP contribution >= 0.6 is 66.4 Å². The van der Waals surface area contributed by atoms with E-state index in [0.29, 0.717) is 57.7 Å². The second-order valence-electron chi connectivity index (χ2n) is 9.64. The van der Waals surface area contributed by atoms with Gasteiger partial charge in [0, 0.05) is 15.6 Å². The van der Waals surface area contributed by atoms with Crippen molar-refractivity contribution in [3.63, 3.8) is 0 Å². The number of allylic oxidation sites excluding steroid dienone is 1. The SMILES string of the molecule is CCOC(=O)C1=C(C)N=c2sc(=Cc3cc(Br)c(OCc4ccc(Cl)cc4Cl)c(Br)c3)c(=O)n2[C@@H]1c1ccc(OCC)cc1. The molecule has 0 unspecified atom stereocenters. The molecule has 1 aliphatic rings. The largest absolute Gasteiger partial charge is 0.494 e. The van der Waals surface area contributed by atoms with Gasteiger partial charge in [0.1, 0.15) is 18.1 Å². The van der Waals surface area contributed by atoms with Gasteiger partial charge in [0.15, 0.2) is 4.80 Å². The zero-order chi connectivity index (χ0) is 31.5. The highest BCUT2D eigenvalue weighted by atomic mass is 79.9. The summed E-state index contributed by atoms with van der Waals surface area (Å²) in [7, 11) is 0. The number of nitrogens with zero attached hydrogens (tertiary/aromatic N) is 2. The lowest BCUT2D eigenvalue weighted by Crippen LogP contribution is -2.39. The summed E-state index contributed by atoms with van der Waals surface area (Å²) in [5.74, 6) is 0.770. The number of ether oxygens (including phenoxy) is 3. The molecule has 4 aromatic rings. The minimum Gasteiger partial charge on any atom is -0.494 e. The molecule has 2 heterocycles. The molecule has 1 atom stereocenters. The molecule has 0 spiro atoms. The number of rotatable bonds is 9. The fourth-order valence-corrected chi connectivity index (χ4v) is 7.72. The summed E-state index contributed by atoms with van der Waals surface area (Å²) in [5, 5.41) is 1.07. The average Bonchev–Trinajstić information content (AvgIpc) is 3.27. The van der Waals surface area contributed by atoms with Gasteiger partial charge in [0.2, 0.25) is 0 Å². The lowest BCUT2D eigenvalue weighted by atomic mass is 9.96. The number of fused-ring (bicyclic) bond motifs is 1. The van der Waals surface area contributed by atoms with E-state index in [9.17, 15) is 9.59 Å². The van der Waals surface area contributed by atoms with Crippen molar-refractivity contribution in [3.05, 3.63) is 121 Å². The average molecular weight is 781 g/mol. The van der Waals surface area contributed by atoms with Crippen LogP contribution in [0, 0.1) is 0 Å². The summed E-state index contributed by atoms with van der Waals surface area (Å²) in [6.45, 7) is 6.37. The van der Waals surface area contributed by atoms with Crippen molar-refractivity contribution in [2.24, 2.45) is 4.99 Å². The number of benzene rings is 3. The monoisotopic (exact) mass is 778 g/mol. The third-order valence-electron chi connectivity index (χ3n) is 6.73. The van der Waals surface area contributed by atoms with Crippen LogP contribution in [0.3, 0.4) is 0 Å². The molecule has 0 aliphatic carbocycles. The van der Waals surface area contributed by atoms with Gasteiger partial charge in [-0.1, -0.05) is 52.7 Å². The Morgan fingerprint density at radius 2 is 1.73 bits per heavy atom. The van der Waals surface area contributed by atoms with Crippen LogP contribution in [0.5, 0.6) is 11.5 Å². The summed E-state index contributed by atoms with van der Waals surface area (Å²) in [6, 6.07) is 15.6. The van der Waals surface area contributed by atoms with Crippen molar-refractivity contribution < 1.29 is 19.0 Å². The number of hydrogen-bond donors (Lipinski definition) is 0. The molecule has 1 aromatic heterocycles. The molecular weight excluding hydrogens is 755 g/mol. The summed E-state index contributed by atoms with van der Waals surface area (Å²) < 4.78 is 20.4. The number of halogens is 4. The molecule has 5 rings (SSSR count). The van der Waals surface area contributed by atoms with Crippen LogP contribution in [0.1, 0.15) is 43.5 Å². The van der Waals surface area contributed by atoms with Gasteiger partial charge in [0.05, 0.1) is 44.0 Å². The number of thiazole rings is 1. The van der Waals surface area contributed by atoms with Crippen molar-refractivity contribution in [3.8, 4) is 11.5 Å². The first-order chi connectivity index (χ1) is 21.1. The highest BCUT2D eigenvalue weighted by molar-refractivity contribution is 9.11. The molecule has 12 heteroatoms. The van der Waals surface area contributed by atoms with Gasteiger partial charge in [-0.2, -0.15) is 0 Å². The Kier molecular flexibility index (Phi) is 10.4. The molecule has 1 aliphatic heterocycles. The predicted molar refractivity (Wildman–Crippen MR) is 181 cm³/mol. The van der Waals surface area contributed by atoms with Gasteiger partial charge in [-0.15, -0.1) is 0 Å². The van der Waals surface area contributed by atoms with Crippen LogP contribution in [0.25, 0.3) is 6.08 Å². The minimum absolute atomic E-state index is 0.201. The van der Waals surface area contributed by atoms with Crippen LogP contribution in [0.4, 0.5) is 0 Å². The van der Waals surface area contributed by atoms with Crippen LogP contribution in [-0.4, -0.2) is 23.8 Å². The summed E-state index contributed by atoms with van der Waals surface area (Å²) in [4.78, 5) is 32.3. The molecule has 3 aromatic carbocycles. The minimum atomic E-state index is -0.711. The maximum absolute atomic E-state index is 14.0. The Labute approximate surface area is 284 Å². The van der Waals surface area contributed by atoms with E-state index in [4.69, 9.17) is 37.4 Å². The van der Waals surface area contributed by atoms with Crippen molar-refractivity contribution >= 4 is 78.4 Å². The first-order valence-electron chi connectivity index (χ1n) is 13.6. The van der Waals surface area contributed by atoms with Crippen molar-refractivity contribution in [1.29, 1.82) is 0 Å². The number of carbonyl (C=O) groups is 1. The third kappa shape index (κ3) is 6.84. The lowest BCUT2D eigenvalue weighted by Gasteiger charge is -2.24. The molecule has 0 fully saturated rings. The fraction of sp³-hybridized carbons (Fsp3) is 0.219. The molecule has 0 bridgehead atoms. The second-order valence-corrected chi connectivity index (χ2v) is 13.2. The molecule has 0 saturated heterocycles. The van der Waals surface area contributed by atoms with E-state index in [1.807, 2.05) is 49.4 Å². The van der Waals surface area contributed by atoms with Crippen molar-refractivity contribution in [1.82, 2.24) is 4.57 Å². The van der Waals surface area contributed by atoms with Crippen LogP contribution in [0.2, 0.25) is 10.0 Å². The molecule has 228 valence electrons. The first kappa shape index (κ1) is 32.5. The van der Waals surface area contributed by atoms with Gasteiger partial charge in [-0.05, 0) is 106 Å². The molecule has 0 N–H and O–H groups in total. The Morgan fingerprint density at radius 1 is 1.02 bits per heavy atom. The normalized spacial score (nSPS) is 14.7. The highest BCUT2D eigenvalue weighted by Crippen LogP contribution is 2.36. The quantitative estimate of drug-likeness (QED) is 0.164. The maximum atomic E-state index is 14.0. The van der Waals surface area contributed by atoms with Gasteiger partial charge in [-0.3, -0.25) is 9.36 Å². The lowest BCUT2D eigenvalue weighted by molar-refractivity contribution is -0.139. The van der Waals surface area contributed by atoms with E-state index in [1.165, 1.54) is 11.3 Å². The molecule has 44 heavy (non-hydrogen) atoms. The number of carbonyl (C=O) groups excluding carboxylic acids is 1. The first-order valence-corrected chi connectivity index (χ1v) is 16.7. The Balaban J connectivity index is 1.54. The van der Waals surface area contributed by atoms with E-state index in [-0.39, 0.29) is 18.8 Å². The molecule has 0 radical (unpaired) electrons. The standard InChI is InChI=1S/C32H26Br2Cl2N2O5S/c1-4-41-22-10-7-19(8-11-22)28-27(31(40)42-5-2)17(3)37-32-38(28)30(39)26(44-32)14-18-12-23(33)29(24(34)13-18)43-16-20-6-9-21(35)15-25(20)36/h6-15,28H,4-5,16H2,1-3H3/t28-/m1/s1. The number of aromatic nitrogens is 1. The van der Waals surface area contributed by atoms with Gasteiger partial charge in [0.25, 0.3) is 5.56 Å². The van der Waals surface area contributed by atoms with Crippen LogP contribution < -0.4 is 24.4 Å². The van der Waals surface area contributed by atoms with Crippen LogP contribution in [0.15, 0.2) is 84.6 Å². The fourth-order valence-electron chi connectivity index (χ4n) is 4.76. The maximum Gasteiger partial charge on any atom is 0.338 e. The van der Waals surface area contributed by atoms with E-state index in [0.717, 1.165) is 16.7 Å². The van der Waals surface area contributed by atoms with Gasteiger partial charge in [-0.25, -0.2) is 9.79 Å². The topological polar surface area (TPSA) is 79.1 Å². The zero-order valence-corrected chi connectivity index (χ0v) is 29.3. The Morgan fingerprint density at radius 3 is 2.36 bits per heavy atom. The summed E-state index contributed by atoms with van der Waals surface area (Å²) in [6.07, 6.45) is 1.79. The summed E-state index contributed by atoms with van der Waals surface area (Å²) >= 11 is 20.8. The number of hydrogen-bond acceptors (Lipinski definition) is 7. The number of esters is 1. The smallest absolute Gasteiger partial charge is 0.338 e. The second kappa shape index (κ2) is 14.0. The molecule has 0 amide bonds. The van der Waals surface area contributed by atoms with Gasteiger partial charge < -0.3 is 14.2 Å².